The fourth-order valence-corrected chi connectivity index (χ4v) is 2.21. The van der Waals surface area contributed by atoms with E-state index in [1.165, 1.54) is 11.1 Å². The Kier molecular flexibility index (Phi) is 2.82. The highest BCUT2D eigenvalue weighted by atomic mass is 16.2. The summed E-state index contributed by atoms with van der Waals surface area (Å²) in [6.07, 6.45) is 0. The van der Waals surface area contributed by atoms with Crippen molar-refractivity contribution in [1.29, 1.82) is 0 Å². The van der Waals surface area contributed by atoms with Gasteiger partial charge in [-0.25, -0.2) is 5.01 Å². The molecule has 1 aliphatic rings. The van der Waals surface area contributed by atoms with Gasteiger partial charge in [0.25, 0.3) is 5.91 Å². The quantitative estimate of drug-likeness (QED) is 0.871. The molecule has 0 aliphatic carbocycles. The topological polar surface area (TPSA) is 32.3 Å². The van der Waals surface area contributed by atoms with Crippen LogP contribution in [0.25, 0.3) is 0 Å². The van der Waals surface area contributed by atoms with Gasteiger partial charge in [0.2, 0.25) is 0 Å². The Balaban J connectivity index is 1.68. The van der Waals surface area contributed by atoms with Crippen molar-refractivity contribution >= 4 is 5.91 Å². The van der Waals surface area contributed by atoms with E-state index >= 15 is 0 Å². The van der Waals surface area contributed by atoms with Gasteiger partial charge in [0.15, 0.2) is 0 Å². The van der Waals surface area contributed by atoms with E-state index in [0.29, 0.717) is 5.56 Å². The van der Waals surface area contributed by atoms with E-state index in [4.69, 9.17) is 0 Å². The van der Waals surface area contributed by atoms with Crippen LogP contribution in [0, 0.1) is 0 Å². The third-order valence-corrected chi connectivity index (χ3v) is 3.14. The van der Waals surface area contributed by atoms with Crippen molar-refractivity contribution in [3.8, 4) is 0 Å². The van der Waals surface area contributed by atoms with E-state index in [0.717, 1.165) is 13.1 Å². The summed E-state index contributed by atoms with van der Waals surface area (Å²) in [5.41, 5.74) is 6.19. The summed E-state index contributed by atoms with van der Waals surface area (Å²) < 4.78 is 0. The fraction of sp³-hybridized carbons (Fsp3) is 0.133. The van der Waals surface area contributed by atoms with Crippen molar-refractivity contribution in [2.75, 3.05) is 0 Å². The first-order valence-corrected chi connectivity index (χ1v) is 6.01. The number of hydrogen-bond acceptors (Lipinski definition) is 2. The lowest BCUT2D eigenvalue weighted by Crippen LogP contribution is -2.38. The van der Waals surface area contributed by atoms with Crippen LogP contribution in [0.1, 0.15) is 21.5 Å². The number of hydrogen-bond donors (Lipinski definition) is 1. The molecule has 1 aliphatic heterocycles. The van der Waals surface area contributed by atoms with Gasteiger partial charge in [-0.2, -0.15) is 0 Å². The molecule has 0 aromatic heterocycles. The summed E-state index contributed by atoms with van der Waals surface area (Å²) in [4.78, 5) is 12.0. The van der Waals surface area contributed by atoms with Crippen LogP contribution >= 0.6 is 0 Å². The number of hydrazine groups is 1. The third-order valence-electron chi connectivity index (χ3n) is 3.14. The Morgan fingerprint density at radius 2 is 1.44 bits per heavy atom. The maximum Gasteiger partial charge on any atom is 0.265 e. The fourth-order valence-electron chi connectivity index (χ4n) is 2.21. The molecule has 1 amide bonds. The summed E-state index contributed by atoms with van der Waals surface area (Å²) >= 11 is 0. The molecule has 1 N–H and O–H groups in total. The molecule has 0 unspecified atom stereocenters. The van der Waals surface area contributed by atoms with E-state index in [1.807, 2.05) is 47.5 Å². The van der Waals surface area contributed by atoms with E-state index < -0.39 is 0 Å². The van der Waals surface area contributed by atoms with Crippen LogP contribution in [0.5, 0.6) is 0 Å². The molecule has 3 heteroatoms. The van der Waals surface area contributed by atoms with E-state index in [2.05, 4.69) is 17.6 Å². The lowest BCUT2D eigenvalue weighted by atomic mass is 10.1. The van der Waals surface area contributed by atoms with Crippen molar-refractivity contribution < 1.29 is 4.79 Å². The first-order chi connectivity index (χ1) is 8.83. The predicted octanol–water partition coefficient (Wildman–Crippen LogP) is 2.35. The van der Waals surface area contributed by atoms with E-state index in [9.17, 15) is 4.79 Å². The number of rotatable bonds is 2. The molecular weight excluding hydrogens is 224 g/mol. The highest BCUT2D eigenvalue weighted by Gasteiger charge is 2.19. The average Bonchev–Trinajstić information content (AvgIpc) is 2.82. The summed E-state index contributed by atoms with van der Waals surface area (Å²) in [6.45, 7) is 1.55. The summed E-state index contributed by atoms with van der Waals surface area (Å²) in [6, 6.07) is 17.5. The minimum atomic E-state index is -0.0524. The Hall–Kier alpha value is -2.13. The van der Waals surface area contributed by atoms with Gasteiger partial charge in [-0.3, -0.25) is 10.2 Å². The summed E-state index contributed by atoms with van der Waals surface area (Å²) in [5.74, 6) is -0.0524. The highest BCUT2D eigenvalue weighted by Crippen LogP contribution is 2.20. The van der Waals surface area contributed by atoms with E-state index in [-0.39, 0.29) is 5.91 Å². The van der Waals surface area contributed by atoms with Crippen LogP contribution in [0.15, 0.2) is 54.6 Å². The van der Waals surface area contributed by atoms with Gasteiger partial charge in [-0.1, -0.05) is 42.5 Å². The molecule has 2 aromatic rings. The molecule has 0 atom stereocenters. The second-order valence-electron chi connectivity index (χ2n) is 4.43. The minimum absolute atomic E-state index is 0.0524. The largest absolute Gasteiger partial charge is 0.284 e. The van der Waals surface area contributed by atoms with Gasteiger partial charge in [-0.05, 0) is 23.3 Å². The van der Waals surface area contributed by atoms with Gasteiger partial charge in [0.1, 0.15) is 0 Å². The van der Waals surface area contributed by atoms with Gasteiger partial charge in [0, 0.05) is 18.7 Å². The zero-order valence-corrected chi connectivity index (χ0v) is 9.97. The molecular formula is C15H14N2O. The lowest BCUT2D eigenvalue weighted by Gasteiger charge is -2.16. The normalized spacial score (nSPS) is 14.2. The maximum absolute atomic E-state index is 12.0. The highest BCUT2D eigenvalue weighted by molar-refractivity contribution is 5.93. The van der Waals surface area contributed by atoms with Crippen LogP contribution in [-0.2, 0) is 13.1 Å². The monoisotopic (exact) mass is 238 g/mol. The third kappa shape index (κ3) is 2.13. The van der Waals surface area contributed by atoms with Crippen molar-refractivity contribution in [2.45, 2.75) is 13.1 Å². The molecule has 90 valence electrons. The molecule has 2 aromatic carbocycles. The molecule has 0 spiro atoms. The van der Waals surface area contributed by atoms with Crippen molar-refractivity contribution in [1.82, 2.24) is 10.4 Å². The summed E-state index contributed by atoms with van der Waals surface area (Å²) in [7, 11) is 0. The number of nitrogens with zero attached hydrogens (tertiary/aromatic N) is 1. The first kappa shape index (κ1) is 11.0. The van der Waals surface area contributed by atoms with Crippen LogP contribution in [0.3, 0.4) is 0 Å². The zero-order chi connectivity index (χ0) is 12.4. The number of benzene rings is 2. The van der Waals surface area contributed by atoms with Crippen LogP contribution < -0.4 is 5.43 Å². The number of fused-ring (bicyclic) bond motifs is 1. The van der Waals surface area contributed by atoms with Gasteiger partial charge in [0.05, 0.1) is 0 Å². The Labute approximate surface area is 106 Å². The van der Waals surface area contributed by atoms with E-state index in [1.54, 1.807) is 0 Å². The van der Waals surface area contributed by atoms with Crippen molar-refractivity contribution in [3.05, 3.63) is 71.3 Å². The SMILES string of the molecule is O=C(NN1Cc2ccccc2C1)c1ccccc1. The number of carbonyl (C=O) groups excluding carboxylic acids is 1. The molecule has 0 fully saturated rings. The van der Waals surface area contributed by atoms with Gasteiger partial charge < -0.3 is 0 Å². The second-order valence-corrected chi connectivity index (χ2v) is 4.43. The second kappa shape index (κ2) is 4.63. The molecule has 1 heterocycles. The molecule has 3 rings (SSSR count). The Morgan fingerprint density at radius 3 is 2.06 bits per heavy atom. The molecule has 0 radical (unpaired) electrons. The Morgan fingerprint density at radius 1 is 0.889 bits per heavy atom. The standard InChI is InChI=1S/C15H14N2O/c18-15(12-6-2-1-3-7-12)16-17-10-13-8-4-5-9-14(13)11-17/h1-9H,10-11H2,(H,16,18). The van der Waals surface area contributed by atoms with Crippen LogP contribution in [0.4, 0.5) is 0 Å². The van der Waals surface area contributed by atoms with Gasteiger partial charge >= 0.3 is 0 Å². The molecule has 18 heavy (non-hydrogen) atoms. The van der Waals surface area contributed by atoms with Crippen molar-refractivity contribution in [3.63, 3.8) is 0 Å². The molecule has 3 nitrogen and oxygen atoms in total. The van der Waals surface area contributed by atoms with Crippen molar-refractivity contribution in [2.24, 2.45) is 0 Å². The average molecular weight is 238 g/mol. The minimum Gasteiger partial charge on any atom is -0.284 e. The zero-order valence-electron chi connectivity index (χ0n) is 9.97. The first-order valence-electron chi connectivity index (χ1n) is 6.01. The van der Waals surface area contributed by atoms with Gasteiger partial charge in [-0.15, -0.1) is 0 Å². The maximum atomic E-state index is 12.0. The molecule has 0 bridgehead atoms. The molecule has 0 saturated heterocycles. The van der Waals surface area contributed by atoms with Crippen LogP contribution in [-0.4, -0.2) is 10.9 Å². The number of carbonyl (C=O) groups is 1. The number of nitrogens with one attached hydrogen (secondary N) is 1. The smallest absolute Gasteiger partial charge is 0.265 e. The lowest BCUT2D eigenvalue weighted by molar-refractivity contribution is 0.0784. The Bertz CT molecular complexity index is 541. The number of amides is 1. The summed E-state index contributed by atoms with van der Waals surface area (Å²) in [5, 5.41) is 1.94. The predicted molar refractivity (Wildman–Crippen MR) is 69.6 cm³/mol. The molecule has 0 saturated carbocycles. The van der Waals surface area contributed by atoms with Crippen LogP contribution in [0.2, 0.25) is 0 Å².